The highest BCUT2D eigenvalue weighted by Gasteiger charge is 2.34. The molecule has 1 aliphatic carbocycles. The van der Waals surface area contributed by atoms with Gasteiger partial charge in [-0.05, 0) is 55.4 Å². The topological polar surface area (TPSA) is 75.7 Å². The van der Waals surface area contributed by atoms with Crippen molar-refractivity contribution in [2.45, 2.75) is 36.6 Å². The van der Waals surface area contributed by atoms with Crippen molar-refractivity contribution in [1.29, 1.82) is 0 Å². The first-order valence-electron chi connectivity index (χ1n) is 10.0. The minimum absolute atomic E-state index is 0.0530. The first-order chi connectivity index (χ1) is 14.0. The highest BCUT2D eigenvalue weighted by Crippen LogP contribution is 2.41. The Kier molecular flexibility index (Phi) is 5.61. The van der Waals surface area contributed by atoms with E-state index < -0.39 is 10.0 Å². The summed E-state index contributed by atoms with van der Waals surface area (Å²) in [6.45, 7) is 0.999. The van der Waals surface area contributed by atoms with Crippen LogP contribution in [0.25, 0.3) is 0 Å². The van der Waals surface area contributed by atoms with Crippen LogP contribution in [0.4, 0.5) is 0 Å². The van der Waals surface area contributed by atoms with Crippen LogP contribution in [0.15, 0.2) is 53.4 Å². The van der Waals surface area contributed by atoms with E-state index in [9.17, 15) is 13.2 Å². The second-order valence-corrected chi connectivity index (χ2v) is 9.58. The Labute approximate surface area is 171 Å². The number of rotatable bonds is 7. The van der Waals surface area contributed by atoms with Crippen LogP contribution in [-0.2, 0) is 10.0 Å². The number of nitrogens with one attached hydrogen (secondary N) is 1. The third-order valence-electron chi connectivity index (χ3n) is 5.65. The van der Waals surface area contributed by atoms with Crippen LogP contribution in [0.5, 0.6) is 5.75 Å². The molecule has 2 aromatic rings. The Morgan fingerprint density at radius 2 is 1.79 bits per heavy atom. The molecular formula is C22H26N2O4S. The van der Waals surface area contributed by atoms with Gasteiger partial charge < -0.3 is 10.1 Å². The summed E-state index contributed by atoms with van der Waals surface area (Å²) in [5, 5.41) is 3.11. The number of amides is 1. The maximum Gasteiger partial charge on any atom is 0.251 e. The molecule has 7 heteroatoms. The van der Waals surface area contributed by atoms with Crippen LogP contribution in [0, 0.1) is 5.92 Å². The molecule has 2 fully saturated rings. The first kappa shape index (κ1) is 19.9. The molecule has 2 aromatic carbocycles. The average molecular weight is 415 g/mol. The van der Waals surface area contributed by atoms with Gasteiger partial charge in [0.05, 0.1) is 13.2 Å². The fourth-order valence-corrected chi connectivity index (χ4v) is 5.57. The molecule has 0 bridgehead atoms. The molecule has 0 spiro atoms. The van der Waals surface area contributed by atoms with Gasteiger partial charge in [-0.2, -0.15) is 4.31 Å². The zero-order valence-corrected chi connectivity index (χ0v) is 17.3. The Balaban J connectivity index is 1.62. The Hall–Kier alpha value is -2.38. The van der Waals surface area contributed by atoms with E-state index >= 15 is 0 Å². The molecule has 1 saturated heterocycles. The third-order valence-corrected chi connectivity index (χ3v) is 7.57. The molecule has 1 atom stereocenters. The molecule has 6 nitrogen and oxygen atoms in total. The summed E-state index contributed by atoms with van der Waals surface area (Å²) in [7, 11) is -2.25. The van der Waals surface area contributed by atoms with E-state index in [0.717, 1.165) is 31.2 Å². The number of carbonyl (C=O) groups excluding carboxylic acids is 1. The number of methoxy groups -OCH3 is 1. The van der Waals surface area contributed by atoms with Crippen LogP contribution >= 0.6 is 0 Å². The summed E-state index contributed by atoms with van der Waals surface area (Å²) < 4.78 is 32.9. The number of hydrogen-bond donors (Lipinski definition) is 1. The van der Waals surface area contributed by atoms with E-state index in [-0.39, 0.29) is 22.6 Å². The SMILES string of the molecule is COc1ccc(C(=O)NC(c2ccccc2)C2CC2)cc1S(=O)(=O)N1CCCC1. The molecule has 1 N–H and O–H groups in total. The Bertz CT molecular complexity index is 981. The van der Waals surface area contributed by atoms with E-state index in [1.54, 1.807) is 12.1 Å². The van der Waals surface area contributed by atoms with Crippen molar-refractivity contribution in [2.24, 2.45) is 5.92 Å². The van der Waals surface area contributed by atoms with Gasteiger partial charge in [-0.15, -0.1) is 0 Å². The number of ether oxygens (including phenoxy) is 1. The van der Waals surface area contributed by atoms with E-state index in [0.29, 0.717) is 24.6 Å². The summed E-state index contributed by atoms with van der Waals surface area (Å²) in [5.41, 5.74) is 1.40. The molecule has 29 heavy (non-hydrogen) atoms. The minimum atomic E-state index is -3.69. The van der Waals surface area contributed by atoms with Crippen LogP contribution in [0.2, 0.25) is 0 Å². The van der Waals surface area contributed by atoms with Crippen LogP contribution in [-0.4, -0.2) is 38.8 Å². The Morgan fingerprint density at radius 3 is 2.41 bits per heavy atom. The van der Waals surface area contributed by atoms with Crippen molar-refractivity contribution in [3.8, 4) is 5.75 Å². The van der Waals surface area contributed by atoms with Crippen molar-refractivity contribution in [3.63, 3.8) is 0 Å². The lowest BCUT2D eigenvalue weighted by molar-refractivity contribution is 0.0931. The van der Waals surface area contributed by atoms with Gasteiger partial charge in [-0.3, -0.25) is 4.79 Å². The fourth-order valence-electron chi connectivity index (χ4n) is 3.87. The largest absolute Gasteiger partial charge is 0.495 e. The second kappa shape index (κ2) is 8.16. The summed E-state index contributed by atoms with van der Waals surface area (Å²) in [6.07, 6.45) is 3.86. The van der Waals surface area contributed by atoms with E-state index in [1.165, 1.54) is 17.5 Å². The van der Waals surface area contributed by atoms with Gasteiger partial charge in [0, 0.05) is 18.7 Å². The zero-order valence-electron chi connectivity index (χ0n) is 16.5. The molecular weight excluding hydrogens is 388 g/mol. The maximum atomic E-state index is 13.1. The molecule has 154 valence electrons. The van der Waals surface area contributed by atoms with Gasteiger partial charge in [-0.25, -0.2) is 8.42 Å². The molecule has 1 aliphatic heterocycles. The minimum Gasteiger partial charge on any atom is -0.495 e. The monoisotopic (exact) mass is 414 g/mol. The molecule has 1 amide bonds. The second-order valence-electron chi connectivity index (χ2n) is 7.68. The normalized spacial score (nSPS) is 18.4. The molecule has 1 saturated carbocycles. The Morgan fingerprint density at radius 1 is 1.10 bits per heavy atom. The van der Waals surface area contributed by atoms with Gasteiger partial charge in [0.25, 0.3) is 5.91 Å². The number of nitrogens with zero attached hydrogens (tertiary/aromatic N) is 1. The number of sulfonamides is 1. The van der Waals surface area contributed by atoms with Crippen molar-refractivity contribution >= 4 is 15.9 Å². The van der Waals surface area contributed by atoms with Crippen molar-refractivity contribution in [3.05, 3.63) is 59.7 Å². The summed E-state index contributed by atoms with van der Waals surface area (Å²) in [5.74, 6) is 0.411. The van der Waals surface area contributed by atoms with Gasteiger partial charge in [0.2, 0.25) is 10.0 Å². The van der Waals surface area contributed by atoms with Crippen molar-refractivity contribution in [2.75, 3.05) is 20.2 Å². The number of hydrogen-bond acceptors (Lipinski definition) is 4. The summed E-state index contributed by atoms with van der Waals surface area (Å²) in [4.78, 5) is 13.1. The highest BCUT2D eigenvalue weighted by molar-refractivity contribution is 7.89. The van der Waals surface area contributed by atoms with Crippen molar-refractivity contribution < 1.29 is 17.9 Å². The predicted molar refractivity (Wildman–Crippen MR) is 110 cm³/mol. The lowest BCUT2D eigenvalue weighted by Crippen LogP contribution is -2.31. The lowest BCUT2D eigenvalue weighted by atomic mass is 10.0. The molecule has 2 aliphatic rings. The first-order valence-corrected chi connectivity index (χ1v) is 11.5. The fraction of sp³-hybridized carbons (Fsp3) is 0.409. The zero-order chi connectivity index (χ0) is 20.4. The molecule has 0 radical (unpaired) electrons. The predicted octanol–water partition coefficient (Wildman–Crippen LogP) is 3.36. The third kappa shape index (κ3) is 4.16. The number of benzene rings is 2. The summed E-state index contributed by atoms with van der Waals surface area (Å²) in [6, 6.07) is 14.5. The van der Waals surface area contributed by atoms with Crippen molar-refractivity contribution in [1.82, 2.24) is 9.62 Å². The molecule has 4 rings (SSSR count). The van der Waals surface area contributed by atoms with Gasteiger partial charge in [-0.1, -0.05) is 30.3 Å². The van der Waals surface area contributed by atoms with Gasteiger partial charge >= 0.3 is 0 Å². The van der Waals surface area contributed by atoms with Crippen LogP contribution in [0.1, 0.15) is 47.6 Å². The van der Waals surface area contributed by atoms with Crippen LogP contribution in [0.3, 0.4) is 0 Å². The van der Waals surface area contributed by atoms with E-state index in [2.05, 4.69) is 5.32 Å². The number of carbonyl (C=O) groups is 1. The summed E-state index contributed by atoms with van der Waals surface area (Å²) >= 11 is 0. The average Bonchev–Trinajstić information content (AvgIpc) is 3.43. The quantitative estimate of drug-likeness (QED) is 0.754. The smallest absolute Gasteiger partial charge is 0.251 e. The molecule has 0 aromatic heterocycles. The van der Waals surface area contributed by atoms with Gasteiger partial charge in [0.15, 0.2) is 0 Å². The maximum absolute atomic E-state index is 13.1. The standard InChI is InChI=1S/C22H26N2O4S/c1-28-19-12-11-18(15-20(19)29(26,27)24-13-5-6-14-24)22(25)23-21(17-9-10-17)16-7-3-2-4-8-16/h2-4,7-8,11-12,15,17,21H,5-6,9-10,13-14H2,1H3,(H,23,25). The lowest BCUT2D eigenvalue weighted by Gasteiger charge is -2.20. The highest BCUT2D eigenvalue weighted by atomic mass is 32.2. The molecule has 1 heterocycles. The molecule has 1 unspecified atom stereocenters. The van der Waals surface area contributed by atoms with E-state index in [1.807, 2.05) is 30.3 Å². The van der Waals surface area contributed by atoms with E-state index in [4.69, 9.17) is 4.74 Å². The van der Waals surface area contributed by atoms with Crippen LogP contribution < -0.4 is 10.1 Å². The van der Waals surface area contributed by atoms with Gasteiger partial charge in [0.1, 0.15) is 10.6 Å².